The van der Waals surface area contributed by atoms with Gasteiger partial charge in [0.05, 0.1) is 11.1 Å². The van der Waals surface area contributed by atoms with Gasteiger partial charge in [0, 0.05) is 54.5 Å². The van der Waals surface area contributed by atoms with Crippen molar-refractivity contribution >= 4 is 45.8 Å². The third kappa shape index (κ3) is 9.62. The van der Waals surface area contributed by atoms with Crippen molar-refractivity contribution in [2.75, 3.05) is 10.6 Å². The van der Waals surface area contributed by atoms with Crippen LogP contribution in [0, 0.1) is 23.3 Å². The van der Waals surface area contributed by atoms with Crippen LogP contribution >= 0.6 is 0 Å². The number of imidazole rings is 1. The molecule has 0 unspecified atom stereocenters. The van der Waals surface area contributed by atoms with Gasteiger partial charge in [0.1, 0.15) is 52.1 Å². The van der Waals surface area contributed by atoms with Gasteiger partial charge < -0.3 is 35.1 Å². The van der Waals surface area contributed by atoms with Gasteiger partial charge in [-0.15, -0.1) is 0 Å². The number of benzene rings is 3. The first-order valence-electron chi connectivity index (χ1n) is 17.6. The molecule has 0 saturated heterocycles. The Balaban J connectivity index is 0.000000309. The Kier molecular flexibility index (Phi) is 12.7. The molecule has 0 spiro atoms. The minimum Gasteiger partial charge on any atom is -0.480 e. The summed E-state index contributed by atoms with van der Waals surface area (Å²) < 4.78 is 95.5. The smallest absolute Gasteiger partial charge is 0.408 e. The normalized spacial score (nSPS) is 12.5. The molecule has 310 valence electrons. The summed E-state index contributed by atoms with van der Waals surface area (Å²) in [5.41, 5.74) is -0.0454. The number of pyridine rings is 2. The van der Waals surface area contributed by atoms with E-state index in [4.69, 9.17) is 5.11 Å². The van der Waals surface area contributed by atoms with Gasteiger partial charge in [0.2, 0.25) is 0 Å². The summed E-state index contributed by atoms with van der Waals surface area (Å²) in [6.45, 7) is 4.35. The number of carbonyl (C=O) groups is 3. The molecule has 1 amide bonds. The summed E-state index contributed by atoms with van der Waals surface area (Å²) >= 11 is 0. The fraction of sp³-hybridized carbons (Fsp3) is 0.225. The number of amides is 1. The van der Waals surface area contributed by atoms with Crippen LogP contribution in [0.5, 0.6) is 0 Å². The Bertz CT molecular complexity index is 2600. The van der Waals surface area contributed by atoms with Crippen LogP contribution in [0.4, 0.5) is 42.1 Å². The van der Waals surface area contributed by atoms with E-state index in [1.165, 1.54) is 6.20 Å². The maximum atomic E-state index is 14.7. The van der Waals surface area contributed by atoms with Crippen molar-refractivity contribution in [1.82, 2.24) is 19.3 Å². The number of carbonyl (C=O) groups excluding carboxylic acids is 1. The Hall–Kier alpha value is -6.92. The first-order valence-corrected chi connectivity index (χ1v) is 17.6. The molecule has 0 aliphatic heterocycles. The maximum Gasteiger partial charge on any atom is 0.408 e. The molecule has 5 N–H and O–H groups in total. The number of anilines is 2. The highest BCUT2D eigenvalue weighted by Crippen LogP contribution is 2.28. The first kappa shape index (κ1) is 43.2. The fourth-order valence-electron chi connectivity index (χ4n) is 6.10. The maximum absolute atomic E-state index is 14.7. The Morgan fingerprint density at radius 2 is 1.37 bits per heavy atom. The number of aryl methyl sites for hydroxylation is 1. The molecule has 3 aromatic carbocycles. The predicted octanol–water partition coefficient (Wildman–Crippen LogP) is 7.40. The largest absolute Gasteiger partial charge is 0.480 e. The number of aromatic nitrogens is 3. The molecule has 6 rings (SSSR count). The molecule has 0 bridgehead atoms. The van der Waals surface area contributed by atoms with Crippen LogP contribution in [0.25, 0.3) is 27.7 Å². The van der Waals surface area contributed by atoms with Crippen molar-refractivity contribution in [2.45, 2.75) is 51.5 Å². The molecule has 0 radical (unpaired) electrons. The zero-order valence-corrected chi connectivity index (χ0v) is 31.5. The van der Waals surface area contributed by atoms with Gasteiger partial charge in [-0.2, -0.15) is 13.2 Å². The molecule has 3 heterocycles. The number of halogens is 7. The van der Waals surface area contributed by atoms with E-state index in [-0.39, 0.29) is 23.7 Å². The van der Waals surface area contributed by atoms with Gasteiger partial charge in [-0.05, 0) is 74.7 Å². The van der Waals surface area contributed by atoms with E-state index in [1.54, 1.807) is 54.3 Å². The molecule has 19 heteroatoms. The number of aliphatic carboxylic acids is 1. The summed E-state index contributed by atoms with van der Waals surface area (Å²) in [6, 6.07) is 11.9. The highest BCUT2D eigenvalue weighted by molar-refractivity contribution is 5.97. The van der Waals surface area contributed by atoms with Crippen LogP contribution < -0.4 is 21.5 Å². The van der Waals surface area contributed by atoms with Gasteiger partial charge in [-0.1, -0.05) is 18.2 Å². The number of para-hydroxylation sites is 1. The molecule has 2 atom stereocenters. The predicted molar refractivity (Wildman–Crippen MR) is 204 cm³/mol. The van der Waals surface area contributed by atoms with Crippen LogP contribution in [-0.2, 0) is 18.3 Å². The third-order valence-corrected chi connectivity index (χ3v) is 8.93. The molecule has 0 saturated carbocycles. The van der Waals surface area contributed by atoms with E-state index in [2.05, 4.69) is 15.6 Å². The molecule has 0 aliphatic carbocycles. The number of carboxylic acids is 2. The minimum absolute atomic E-state index is 0.0967. The topological polar surface area (TPSA) is 167 Å². The second-order valence-electron chi connectivity index (χ2n) is 13.6. The summed E-state index contributed by atoms with van der Waals surface area (Å²) in [6.07, 6.45) is -1.68. The number of aromatic carboxylic acids is 1. The molecule has 0 aliphatic rings. The third-order valence-electron chi connectivity index (χ3n) is 8.93. The van der Waals surface area contributed by atoms with Crippen molar-refractivity contribution in [3.63, 3.8) is 0 Å². The lowest BCUT2D eigenvalue weighted by Crippen LogP contribution is -2.43. The summed E-state index contributed by atoms with van der Waals surface area (Å²) in [7, 11) is 1.69. The van der Waals surface area contributed by atoms with E-state index in [1.807, 2.05) is 29.6 Å². The van der Waals surface area contributed by atoms with Crippen molar-refractivity contribution in [3.8, 4) is 11.1 Å². The zero-order valence-electron chi connectivity index (χ0n) is 31.5. The molecule has 0 fully saturated rings. The average Bonchev–Trinajstić information content (AvgIpc) is 3.63. The Morgan fingerprint density at radius 3 is 1.93 bits per heavy atom. The highest BCUT2D eigenvalue weighted by atomic mass is 19.4. The molecular formula is C40H35F7N6O6. The molecule has 6 aromatic rings. The molecule has 12 nitrogen and oxygen atoms in total. The van der Waals surface area contributed by atoms with E-state index in [9.17, 15) is 55.0 Å². The second-order valence-corrected chi connectivity index (χ2v) is 13.6. The number of fused-ring (bicyclic) bond motifs is 2. The molecular weight excluding hydrogens is 793 g/mol. The van der Waals surface area contributed by atoms with Crippen molar-refractivity contribution in [1.29, 1.82) is 0 Å². The van der Waals surface area contributed by atoms with Gasteiger partial charge in [-0.25, -0.2) is 32.1 Å². The standard InChI is InChI=1S/C30H27F2N5O4.C10H8F5NO2/c1-16(2)34-18-13-22(31)26(23(32)14-18)28(38)35-24(30(40)41)15-19-8-9-20(27-33-10-11-37(19)27)21-12-17-6-4-5-7-25(17)36(3)29(21)39;1-4(10(13,14)15)16-5-2-6(11)8(9(17)18)7(12)3-5/h4-14,16,24,34H,15H2,1-3H3,(H,35,38)(H,40,41);2-4,16H,1H3,(H,17,18)/t24-;4-/m01/s1. The number of hydrogen-bond acceptors (Lipinski definition) is 7. The lowest BCUT2D eigenvalue weighted by Gasteiger charge is -2.18. The van der Waals surface area contributed by atoms with E-state index in [0.717, 1.165) is 30.0 Å². The van der Waals surface area contributed by atoms with E-state index >= 15 is 0 Å². The van der Waals surface area contributed by atoms with Crippen LogP contribution in [0.3, 0.4) is 0 Å². The second kappa shape index (κ2) is 17.3. The van der Waals surface area contributed by atoms with E-state index < -0.39 is 76.2 Å². The van der Waals surface area contributed by atoms with Gasteiger partial charge in [0.25, 0.3) is 11.5 Å². The lowest BCUT2D eigenvalue weighted by atomic mass is 10.0. The van der Waals surface area contributed by atoms with Crippen molar-refractivity contribution < 1.29 is 55.3 Å². The molecule has 3 aromatic heterocycles. The number of nitrogens with zero attached hydrogens (tertiary/aromatic N) is 3. The summed E-state index contributed by atoms with van der Waals surface area (Å²) in [5.74, 6) is -9.54. The number of alkyl halides is 3. The molecule has 59 heavy (non-hydrogen) atoms. The lowest BCUT2D eigenvalue weighted by molar-refractivity contribution is -0.139. The van der Waals surface area contributed by atoms with Crippen molar-refractivity contribution in [3.05, 3.63) is 130 Å². The summed E-state index contributed by atoms with van der Waals surface area (Å²) in [5, 5.41) is 26.1. The van der Waals surface area contributed by atoms with Gasteiger partial charge >= 0.3 is 18.1 Å². The number of nitrogens with one attached hydrogen (secondary N) is 3. The number of rotatable bonds is 11. The quantitative estimate of drug-likeness (QED) is 0.0837. The SMILES string of the molecule is CC(C)Nc1cc(F)c(C(=O)N[C@@H](Cc2ccc(-c3cc4ccccc4n(C)c3=O)c3nccn23)C(=O)O)c(F)c1.C[C@@H](Nc1cc(F)c(C(=O)O)c(F)c1)C(F)(F)F. The van der Waals surface area contributed by atoms with Crippen LogP contribution in [0.2, 0.25) is 0 Å². The number of carboxylic acid groups (broad SMARTS) is 2. The monoisotopic (exact) mass is 828 g/mol. The van der Waals surface area contributed by atoms with Crippen LogP contribution in [0.15, 0.2) is 83.9 Å². The van der Waals surface area contributed by atoms with Crippen molar-refractivity contribution in [2.24, 2.45) is 7.05 Å². The van der Waals surface area contributed by atoms with Crippen LogP contribution in [0.1, 0.15) is 47.2 Å². The zero-order chi connectivity index (χ0) is 43.5. The Labute approximate surface area is 329 Å². The Morgan fingerprint density at radius 1 is 0.797 bits per heavy atom. The first-order chi connectivity index (χ1) is 27.7. The van der Waals surface area contributed by atoms with Gasteiger partial charge in [0.15, 0.2) is 0 Å². The summed E-state index contributed by atoms with van der Waals surface area (Å²) in [4.78, 5) is 53.0. The highest BCUT2D eigenvalue weighted by Gasteiger charge is 2.36. The average molecular weight is 829 g/mol. The van der Waals surface area contributed by atoms with Crippen LogP contribution in [-0.4, -0.2) is 66.3 Å². The fourth-order valence-corrected chi connectivity index (χ4v) is 6.10. The minimum atomic E-state index is -4.58. The van der Waals surface area contributed by atoms with E-state index in [0.29, 0.717) is 34.6 Å². The van der Waals surface area contributed by atoms with Gasteiger partial charge in [-0.3, -0.25) is 9.59 Å². The number of hydrogen-bond donors (Lipinski definition) is 5.